The first-order valence-corrected chi connectivity index (χ1v) is 0.958. The van der Waals surface area contributed by atoms with E-state index < -0.39 is 0 Å². The maximum Gasteiger partial charge on any atom is 1.00 e. The van der Waals surface area contributed by atoms with Gasteiger partial charge in [-0.2, -0.15) is 0 Å². The molecule has 0 rings (SSSR count). The van der Waals surface area contributed by atoms with Crippen LogP contribution in [0.2, 0.25) is 0 Å². The average molecular weight is 80.1 g/mol. The van der Waals surface area contributed by atoms with Crippen LogP contribution in [0.5, 0.6) is 0 Å². The van der Waals surface area contributed by atoms with Gasteiger partial charge in [-0.05, 0) is 0 Å². The van der Waals surface area contributed by atoms with E-state index in [9.17, 15) is 0 Å². The first kappa shape index (κ1) is 9.10. The van der Waals surface area contributed by atoms with Crippen LogP contribution in [-0.4, -0.2) is 11.7 Å². The SMILES string of the molecule is C#CCO.[H-].[Na+]. The van der Waals surface area contributed by atoms with Crippen molar-refractivity contribution in [2.24, 2.45) is 0 Å². The molecule has 0 saturated carbocycles. The molecule has 0 amide bonds. The van der Waals surface area contributed by atoms with Crippen molar-refractivity contribution < 1.29 is 36.1 Å². The topological polar surface area (TPSA) is 20.2 Å². The summed E-state index contributed by atoms with van der Waals surface area (Å²) in [6.45, 7) is -0.153. The molecular weight excluding hydrogens is 75.0 g/mol. The number of terminal acetylenes is 1. The van der Waals surface area contributed by atoms with Gasteiger partial charge in [-0.25, -0.2) is 0 Å². The van der Waals surface area contributed by atoms with Crippen LogP contribution in [-0.2, 0) is 0 Å². The van der Waals surface area contributed by atoms with Crippen LogP contribution in [0.4, 0.5) is 0 Å². The minimum Gasteiger partial charge on any atom is -1.00 e. The molecule has 5 heavy (non-hydrogen) atoms. The maximum atomic E-state index is 7.64. The molecule has 24 valence electrons. The van der Waals surface area contributed by atoms with Gasteiger partial charge in [-0.3, -0.25) is 0 Å². The third-order valence-electron chi connectivity index (χ3n) is 0.0913. The second kappa shape index (κ2) is 8.82. The molecule has 0 atom stereocenters. The van der Waals surface area contributed by atoms with Crippen LogP contribution >= 0.6 is 0 Å². The fourth-order valence-corrected chi connectivity index (χ4v) is 0. The quantitative estimate of drug-likeness (QED) is 0.239. The minimum atomic E-state index is -0.153. The van der Waals surface area contributed by atoms with Crippen molar-refractivity contribution in [2.75, 3.05) is 6.61 Å². The number of hydrogen-bond donors (Lipinski definition) is 1. The van der Waals surface area contributed by atoms with E-state index in [1.807, 2.05) is 5.92 Å². The summed E-state index contributed by atoms with van der Waals surface area (Å²) in [5.74, 6) is 1.99. The zero-order valence-corrected chi connectivity index (χ0v) is 5.23. The Kier molecular flexibility index (Phi) is 16.1. The molecule has 0 aromatic rings. The number of aliphatic hydroxyl groups is 1. The van der Waals surface area contributed by atoms with Gasteiger partial charge in [-0.1, -0.05) is 5.92 Å². The molecule has 0 unspecified atom stereocenters. The molecule has 1 nitrogen and oxygen atoms in total. The summed E-state index contributed by atoms with van der Waals surface area (Å²) in [5.41, 5.74) is 0. The Morgan fingerprint density at radius 2 is 2.20 bits per heavy atom. The molecule has 0 bridgehead atoms. The summed E-state index contributed by atoms with van der Waals surface area (Å²) in [5, 5.41) is 7.64. The smallest absolute Gasteiger partial charge is 1.00 e. The van der Waals surface area contributed by atoms with Gasteiger partial charge < -0.3 is 6.53 Å². The molecule has 0 fully saturated rings. The third-order valence-corrected chi connectivity index (χ3v) is 0.0913. The van der Waals surface area contributed by atoms with Crippen LogP contribution in [0.1, 0.15) is 1.43 Å². The zero-order valence-electron chi connectivity index (χ0n) is 4.23. The minimum absolute atomic E-state index is 0. The summed E-state index contributed by atoms with van der Waals surface area (Å²) >= 11 is 0. The van der Waals surface area contributed by atoms with E-state index >= 15 is 0 Å². The van der Waals surface area contributed by atoms with E-state index in [-0.39, 0.29) is 37.6 Å². The van der Waals surface area contributed by atoms with Crippen molar-refractivity contribution in [3.05, 3.63) is 0 Å². The summed E-state index contributed by atoms with van der Waals surface area (Å²) in [4.78, 5) is 0. The van der Waals surface area contributed by atoms with Crippen molar-refractivity contribution >= 4 is 0 Å². The maximum absolute atomic E-state index is 7.64. The molecule has 2 heteroatoms. The Morgan fingerprint density at radius 1 is 2.00 bits per heavy atom. The molecule has 0 aliphatic heterocycles. The molecule has 0 aliphatic rings. The van der Waals surface area contributed by atoms with Gasteiger partial charge in [0.05, 0.1) is 0 Å². The monoisotopic (exact) mass is 80.0 g/mol. The van der Waals surface area contributed by atoms with Crippen LogP contribution in [0.25, 0.3) is 0 Å². The Bertz CT molecular complexity index is 40.5. The van der Waals surface area contributed by atoms with E-state index in [4.69, 9.17) is 5.11 Å². The number of aliphatic hydroxyl groups excluding tert-OH is 1. The Morgan fingerprint density at radius 3 is 2.20 bits per heavy atom. The van der Waals surface area contributed by atoms with Crippen molar-refractivity contribution in [2.45, 2.75) is 0 Å². The summed E-state index contributed by atoms with van der Waals surface area (Å²) in [7, 11) is 0. The van der Waals surface area contributed by atoms with E-state index in [0.29, 0.717) is 0 Å². The van der Waals surface area contributed by atoms with Crippen LogP contribution in [0.15, 0.2) is 0 Å². The summed E-state index contributed by atoms with van der Waals surface area (Å²) < 4.78 is 0. The van der Waals surface area contributed by atoms with Crippen LogP contribution in [0, 0.1) is 12.3 Å². The predicted molar refractivity (Wildman–Crippen MR) is 17.0 cm³/mol. The zero-order chi connectivity index (χ0) is 3.41. The van der Waals surface area contributed by atoms with Crippen molar-refractivity contribution in [1.29, 1.82) is 0 Å². The summed E-state index contributed by atoms with van der Waals surface area (Å²) in [6.07, 6.45) is 4.53. The van der Waals surface area contributed by atoms with E-state index in [0.717, 1.165) is 0 Å². The van der Waals surface area contributed by atoms with Gasteiger partial charge in [-0.15, -0.1) is 6.42 Å². The van der Waals surface area contributed by atoms with Gasteiger partial charge in [0, 0.05) is 0 Å². The normalized spacial score (nSPS) is 4.00. The molecular formula is C3H5NaO. The molecule has 0 spiro atoms. The molecule has 0 aromatic heterocycles. The molecule has 0 heterocycles. The average Bonchev–Trinajstić information content (AvgIpc) is 1.37. The van der Waals surface area contributed by atoms with Crippen LogP contribution in [0.3, 0.4) is 0 Å². The molecule has 0 saturated heterocycles. The largest absolute Gasteiger partial charge is 1.00 e. The third kappa shape index (κ3) is 12.4. The van der Waals surface area contributed by atoms with Gasteiger partial charge in [0.1, 0.15) is 6.61 Å². The van der Waals surface area contributed by atoms with E-state index in [1.54, 1.807) is 0 Å². The van der Waals surface area contributed by atoms with Gasteiger partial charge in [0.15, 0.2) is 0 Å². The van der Waals surface area contributed by atoms with Gasteiger partial charge >= 0.3 is 29.6 Å². The second-order valence-corrected chi connectivity index (χ2v) is 0.362. The second-order valence-electron chi connectivity index (χ2n) is 0.362. The van der Waals surface area contributed by atoms with E-state index in [2.05, 4.69) is 6.42 Å². The number of hydrogen-bond acceptors (Lipinski definition) is 1. The standard InChI is InChI=1S/C3H4O.Na.H/c1-2-3-4;;/h1,4H,3H2;;/q;+1;-1. The van der Waals surface area contributed by atoms with Gasteiger partial charge in [0.2, 0.25) is 0 Å². The van der Waals surface area contributed by atoms with E-state index in [1.165, 1.54) is 0 Å². The Balaban J connectivity index is -0.0000000450. The first-order chi connectivity index (χ1) is 1.91. The first-order valence-electron chi connectivity index (χ1n) is 0.958. The molecule has 0 aromatic carbocycles. The summed E-state index contributed by atoms with van der Waals surface area (Å²) in [6, 6.07) is 0. The Hall–Kier alpha value is 0.520. The van der Waals surface area contributed by atoms with Crippen molar-refractivity contribution in [3.8, 4) is 12.3 Å². The molecule has 0 radical (unpaired) electrons. The van der Waals surface area contributed by atoms with Gasteiger partial charge in [0.25, 0.3) is 0 Å². The van der Waals surface area contributed by atoms with Crippen LogP contribution < -0.4 is 29.6 Å². The van der Waals surface area contributed by atoms with Crippen molar-refractivity contribution in [3.63, 3.8) is 0 Å². The number of rotatable bonds is 0. The fraction of sp³-hybridized carbons (Fsp3) is 0.333. The molecule has 1 N–H and O–H groups in total. The molecule has 0 aliphatic carbocycles. The van der Waals surface area contributed by atoms with Crippen molar-refractivity contribution in [1.82, 2.24) is 0 Å². The Labute approximate surface area is 55.2 Å². The predicted octanol–water partition coefficient (Wildman–Crippen LogP) is -3.27. The fourth-order valence-electron chi connectivity index (χ4n) is 0.